The lowest BCUT2D eigenvalue weighted by molar-refractivity contribution is 0.0889. The maximum absolute atomic E-state index is 13.9. The van der Waals surface area contributed by atoms with Crippen molar-refractivity contribution in [2.45, 2.75) is 83.7 Å². The van der Waals surface area contributed by atoms with Gasteiger partial charge in [-0.05, 0) is 88.6 Å². The molecule has 40 heavy (non-hydrogen) atoms. The van der Waals surface area contributed by atoms with Crippen LogP contribution in [0.5, 0.6) is 0 Å². The minimum absolute atomic E-state index is 0.0254. The van der Waals surface area contributed by atoms with Gasteiger partial charge in [0, 0.05) is 29.0 Å². The van der Waals surface area contributed by atoms with Crippen LogP contribution in [0.2, 0.25) is 0 Å². The van der Waals surface area contributed by atoms with Crippen LogP contribution in [0.4, 0.5) is 4.79 Å². The summed E-state index contributed by atoms with van der Waals surface area (Å²) in [6.45, 7) is 7.15. The number of nitrogens with zero attached hydrogens (tertiary/aromatic N) is 2. The van der Waals surface area contributed by atoms with Gasteiger partial charge in [0.15, 0.2) is 5.78 Å². The summed E-state index contributed by atoms with van der Waals surface area (Å²) in [6, 6.07) is 18.7. The summed E-state index contributed by atoms with van der Waals surface area (Å²) in [5.41, 5.74) is 4.14. The van der Waals surface area contributed by atoms with Gasteiger partial charge in [-0.3, -0.25) is 14.7 Å². The molecule has 2 aromatic carbocycles. The van der Waals surface area contributed by atoms with Crippen LogP contribution in [0, 0.1) is 11.8 Å². The molecule has 1 fully saturated rings. The summed E-state index contributed by atoms with van der Waals surface area (Å²) in [5.74, 6) is 1.02. The number of nitrogens with one attached hydrogen (secondary N) is 1. The zero-order valence-corrected chi connectivity index (χ0v) is 24.0. The fourth-order valence-corrected chi connectivity index (χ4v) is 6.79. The molecule has 1 aliphatic heterocycles. The molecule has 0 bridgehead atoms. The molecule has 0 radical (unpaired) electrons. The lowest BCUT2D eigenvalue weighted by atomic mass is 9.77. The number of ketones is 1. The first-order valence-electron chi connectivity index (χ1n) is 15.0. The average Bonchev–Trinajstić information content (AvgIpc) is 2.92. The Morgan fingerprint density at radius 3 is 2.45 bits per heavy atom. The molecule has 1 saturated heterocycles. The van der Waals surface area contributed by atoms with E-state index in [1.165, 1.54) is 44.3 Å². The Hall–Kier alpha value is -3.25. The van der Waals surface area contributed by atoms with Crippen molar-refractivity contribution in [3.63, 3.8) is 0 Å². The van der Waals surface area contributed by atoms with Crippen molar-refractivity contribution < 1.29 is 14.7 Å². The Labute approximate surface area is 238 Å². The normalized spacial score (nSPS) is 18.6. The number of carboxylic acid groups (broad SMARTS) is 1. The molecule has 3 aromatic rings. The van der Waals surface area contributed by atoms with E-state index in [9.17, 15) is 14.7 Å². The van der Waals surface area contributed by atoms with Gasteiger partial charge < -0.3 is 10.4 Å². The van der Waals surface area contributed by atoms with Crippen LogP contribution < -0.4 is 5.32 Å². The van der Waals surface area contributed by atoms with Crippen LogP contribution in [0.25, 0.3) is 10.9 Å². The van der Waals surface area contributed by atoms with E-state index in [4.69, 9.17) is 4.98 Å². The first-order valence-corrected chi connectivity index (χ1v) is 15.0. The predicted octanol–water partition coefficient (Wildman–Crippen LogP) is 7.04. The molecule has 212 valence electrons. The number of carbonyl (C=O) groups is 2. The molecule has 0 spiro atoms. The number of benzene rings is 2. The first kappa shape index (κ1) is 28.3. The van der Waals surface area contributed by atoms with Crippen LogP contribution in [-0.4, -0.2) is 45.5 Å². The van der Waals surface area contributed by atoms with Crippen LogP contribution in [0.1, 0.15) is 86.0 Å². The number of Topliss-reactive ketones (excluding diaryl/α,β-unsaturated/α-hetero) is 1. The maximum atomic E-state index is 13.9. The van der Waals surface area contributed by atoms with Crippen LogP contribution in [0.3, 0.4) is 0 Å². The Balaban J connectivity index is 1.18. The number of hydrogen-bond acceptors (Lipinski definition) is 4. The van der Waals surface area contributed by atoms with Crippen LogP contribution in [0.15, 0.2) is 54.6 Å². The second kappa shape index (κ2) is 12.5. The molecule has 2 aliphatic rings. The molecule has 1 amide bonds. The van der Waals surface area contributed by atoms with Crippen molar-refractivity contribution in [1.29, 1.82) is 0 Å². The summed E-state index contributed by atoms with van der Waals surface area (Å²) < 4.78 is 0. The highest BCUT2D eigenvalue weighted by Gasteiger charge is 2.34. The van der Waals surface area contributed by atoms with E-state index in [2.05, 4.69) is 40.5 Å². The molecule has 2 heterocycles. The van der Waals surface area contributed by atoms with Crippen molar-refractivity contribution in [2.75, 3.05) is 13.1 Å². The van der Waals surface area contributed by atoms with Crippen LogP contribution >= 0.6 is 0 Å². The maximum Gasteiger partial charge on any atom is 0.405 e. The molecule has 1 aromatic heterocycles. The highest BCUT2D eigenvalue weighted by molar-refractivity contribution is 6.05. The molecule has 6 heteroatoms. The Morgan fingerprint density at radius 2 is 1.70 bits per heavy atom. The first-order chi connectivity index (χ1) is 19.3. The smallest absolute Gasteiger partial charge is 0.405 e. The van der Waals surface area contributed by atoms with Crippen LogP contribution in [-0.2, 0) is 19.4 Å². The molecule has 1 aliphatic carbocycles. The van der Waals surface area contributed by atoms with E-state index >= 15 is 0 Å². The van der Waals surface area contributed by atoms with E-state index in [0.29, 0.717) is 6.42 Å². The fourth-order valence-electron chi connectivity index (χ4n) is 6.79. The van der Waals surface area contributed by atoms with Gasteiger partial charge in [-0.15, -0.1) is 0 Å². The number of rotatable bonds is 10. The van der Waals surface area contributed by atoms with Gasteiger partial charge in [0.1, 0.15) is 0 Å². The molecule has 6 nitrogen and oxygen atoms in total. The summed E-state index contributed by atoms with van der Waals surface area (Å²) >= 11 is 0. The quantitative estimate of drug-likeness (QED) is 0.269. The number of aromatic nitrogens is 1. The number of aryl methyl sites for hydroxylation is 1. The summed E-state index contributed by atoms with van der Waals surface area (Å²) in [7, 11) is 0. The van der Waals surface area contributed by atoms with Gasteiger partial charge in [0.05, 0.1) is 11.2 Å². The van der Waals surface area contributed by atoms with Crippen molar-refractivity contribution in [1.82, 2.24) is 15.2 Å². The third kappa shape index (κ3) is 6.90. The monoisotopic (exact) mass is 541 g/mol. The third-order valence-electron chi connectivity index (χ3n) is 8.86. The van der Waals surface area contributed by atoms with E-state index < -0.39 is 11.6 Å². The number of hydrogen-bond donors (Lipinski definition) is 2. The molecule has 1 atom stereocenters. The Bertz CT molecular complexity index is 1330. The largest absolute Gasteiger partial charge is 0.465 e. The zero-order chi connectivity index (χ0) is 28.1. The second-order valence-corrected chi connectivity index (χ2v) is 12.5. The number of likely N-dealkylation sites (tertiary alicyclic amines) is 1. The molecular weight excluding hydrogens is 498 g/mol. The topological polar surface area (TPSA) is 82.5 Å². The average molecular weight is 542 g/mol. The van der Waals surface area contributed by atoms with Crippen molar-refractivity contribution in [3.8, 4) is 0 Å². The van der Waals surface area contributed by atoms with Crippen molar-refractivity contribution in [3.05, 3.63) is 77.0 Å². The van der Waals surface area contributed by atoms with E-state index in [1.807, 2.05) is 38.1 Å². The molecule has 2 N–H and O–H groups in total. The molecular formula is C34H43N3O3. The number of para-hydroxylation sites is 1. The van der Waals surface area contributed by atoms with Gasteiger partial charge >= 0.3 is 6.09 Å². The van der Waals surface area contributed by atoms with Gasteiger partial charge in [0.2, 0.25) is 0 Å². The fraction of sp³-hybridized carbons (Fsp3) is 0.500. The van der Waals surface area contributed by atoms with E-state index in [-0.39, 0.29) is 11.7 Å². The number of amides is 1. The Morgan fingerprint density at radius 1 is 1.00 bits per heavy atom. The van der Waals surface area contributed by atoms with E-state index in [0.717, 1.165) is 65.9 Å². The predicted molar refractivity (Wildman–Crippen MR) is 160 cm³/mol. The van der Waals surface area contributed by atoms with Gasteiger partial charge in [0.25, 0.3) is 0 Å². The van der Waals surface area contributed by atoms with Gasteiger partial charge in [-0.1, -0.05) is 67.8 Å². The lowest BCUT2D eigenvalue weighted by Gasteiger charge is -2.32. The standard InChI is InChI=1S/C34H43N3O3/c1-34(2,36-33(39)40)22-28-27-14-8-9-15-29(27)35-30-17-16-26(32(38)31(28)30)13-7-6-10-24-18-20-37(21-19-24)23-25-11-4-3-5-12-25/h3-5,8-9,11-12,14-15,24,26,36H,6-7,10,13,16-23H2,1-2H3,(H,39,40). The minimum atomic E-state index is -1.05. The highest BCUT2D eigenvalue weighted by atomic mass is 16.4. The second-order valence-electron chi connectivity index (χ2n) is 12.5. The third-order valence-corrected chi connectivity index (χ3v) is 8.86. The number of unbranched alkanes of at least 4 members (excludes halogenated alkanes) is 1. The van der Waals surface area contributed by atoms with Crippen molar-refractivity contribution in [2.24, 2.45) is 11.8 Å². The SMILES string of the molecule is CC(C)(Cc1c2c(nc3ccccc13)CCC(CCCCC1CCN(Cc3ccccc3)CC1)C2=O)NC(=O)O. The zero-order valence-electron chi connectivity index (χ0n) is 24.0. The summed E-state index contributed by atoms with van der Waals surface area (Å²) in [4.78, 5) is 32.8. The summed E-state index contributed by atoms with van der Waals surface area (Å²) in [6.07, 6.45) is 8.03. The number of piperidine rings is 1. The number of carbonyl (C=O) groups excluding carboxylic acids is 1. The number of fused-ring (bicyclic) bond motifs is 2. The molecule has 5 rings (SSSR count). The van der Waals surface area contributed by atoms with E-state index in [1.54, 1.807) is 0 Å². The highest BCUT2D eigenvalue weighted by Crippen LogP contribution is 2.36. The van der Waals surface area contributed by atoms with Crippen molar-refractivity contribution >= 4 is 22.8 Å². The van der Waals surface area contributed by atoms with Gasteiger partial charge in [-0.25, -0.2) is 4.79 Å². The van der Waals surface area contributed by atoms with Gasteiger partial charge in [-0.2, -0.15) is 0 Å². The minimum Gasteiger partial charge on any atom is -0.465 e. The lowest BCUT2D eigenvalue weighted by Crippen LogP contribution is -2.45. The number of pyridine rings is 1. The molecule has 1 unspecified atom stereocenters. The Kier molecular flexibility index (Phi) is 8.84. The summed E-state index contributed by atoms with van der Waals surface area (Å²) in [5, 5.41) is 13.0. The molecule has 0 saturated carbocycles.